The number of hydrogen-bond acceptors (Lipinski definition) is 4. The van der Waals surface area contributed by atoms with E-state index in [-0.39, 0.29) is 24.9 Å². The van der Waals surface area contributed by atoms with E-state index < -0.39 is 11.8 Å². The van der Waals surface area contributed by atoms with Crippen molar-refractivity contribution in [1.29, 1.82) is 0 Å². The number of halogens is 4. The molecule has 0 radical (unpaired) electrons. The third-order valence-electron chi connectivity index (χ3n) is 7.19. The molecular weight excluding hydrogens is 501 g/mol. The molecule has 3 heterocycles. The van der Waals surface area contributed by atoms with Gasteiger partial charge in [-0.15, -0.1) is 0 Å². The van der Waals surface area contributed by atoms with Crippen molar-refractivity contribution in [2.45, 2.75) is 49.5 Å². The quantitative estimate of drug-likeness (QED) is 0.408. The molecule has 192 valence electrons. The number of ether oxygens (including phenoxy) is 1. The van der Waals surface area contributed by atoms with Gasteiger partial charge in [-0.2, -0.15) is 13.2 Å². The van der Waals surface area contributed by atoms with Crippen LogP contribution in [0.4, 0.5) is 13.2 Å². The summed E-state index contributed by atoms with van der Waals surface area (Å²) < 4.78 is 45.6. The number of benzene rings is 2. The Balaban J connectivity index is 1.12. The Labute approximate surface area is 219 Å². The Bertz CT molecular complexity index is 1270. The molecule has 4 nitrogen and oxygen atoms in total. The van der Waals surface area contributed by atoms with E-state index in [1.165, 1.54) is 0 Å². The van der Waals surface area contributed by atoms with Crippen molar-refractivity contribution in [2.75, 3.05) is 13.2 Å². The van der Waals surface area contributed by atoms with E-state index in [4.69, 9.17) is 16.3 Å². The van der Waals surface area contributed by atoms with Crippen molar-refractivity contribution in [2.24, 2.45) is 0 Å². The molecule has 0 aliphatic carbocycles. The summed E-state index contributed by atoms with van der Waals surface area (Å²) in [6.07, 6.45) is -1.98. The van der Waals surface area contributed by atoms with Crippen molar-refractivity contribution in [3.63, 3.8) is 0 Å². The van der Waals surface area contributed by atoms with Gasteiger partial charge in [-0.05, 0) is 66.8 Å². The van der Waals surface area contributed by atoms with Gasteiger partial charge in [-0.1, -0.05) is 35.7 Å². The third-order valence-corrected chi connectivity index (χ3v) is 7.45. The van der Waals surface area contributed by atoms with E-state index in [1.54, 1.807) is 6.20 Å². The van der Waals surface area contributed by atoms with Gasteiger partial charge in [0.1, 0.15) is 18.1 Å². The van der Waals surface area contributed by atoms with Crippen LogP contribution < -0.4 is 4.74 Å². The highest BCUT2D eigenvalue weighted by Gasteiger charge is 2.60. The van der Waals surface area contributed by atoms with Gasteiger partial charge >= 0.3 is 6.18 Å². The molecule has 1 aromatic heterocycles. The molecule has 5 rings (SSSR count). The highest BCUT2D eigenvalue weighted by Crippen LogP contribution is 2.47. The highest BCUT2D eigenvalue weighted by atomic mass is 35.5. The minimum Gasteiger partial charge on any atom is -0.492 e. The van der Waals surface area contributed by atoms with Gasteiger partial charge in [0.05, 0.1) is 0 Å². The van der Waals surface area contributed by atoms with Crippen LogP contribution in [0.3, 0.4) is 0 Å². The lowest BCUT2D eigenvalue weighted by atomic mass is 9.85. The summed E-state index contributed by atoms with van der Waals surface area (Å²) in [5, 5.41) is 10.8. The first kappa shape index (κ1) is 25.6. The van der Waals surface area contributed by atoms with Gasteiger partial charge in [-0.3, -0.25) is 4.90 Å². The van der Waals surface area contributed by atoms with E-state index in [0.29, 0.717) is 42.5 Å². The Morgan fingerprint density at radius 3 is 2.19 bits per heavy atom. The van der Waals surface area contributed by atoms with E-state index >= 15 is 0 Å². The largest absolute Gasteiger partial charge is 0.492 e. The monoisotopic (exact) mass is 526 g/mol. The topological polar surface area (TPSA) is 45.6 Å². The summed E-state index contributed by atoms with van der Waals surface area (Å²) in [5.41, 5.74) is 0.921. The molecular formula is C29H26ClF3N2O2. The number of nitrogens with zero attached hydrogens (tertiary/aromatic N) is 2. The number of aromatic nitrogens is 1. The van der Waals surface area contributed by atoms with Crippen LogP contribution in [0.5, 0.6) is 5.75 Å². The number of hydrogen-bond donors (Lipinski definition) is 1. The van der Waals surface area contributed by atoms with Crippen LogP contribution >= 0.6 is 11.6 Å². The fourth-order valence-electron chi connectivity index (χ4n) is 5.23. The number of rotatable bonds is 5. The fraction of sp³-hybridized carbons (Fsp3) is 0.345. The van der Waals surface area contributed by atoms with Crippen LogP contribution in [0.15, 0.2) is 66.9 Å². The van der Waals surface area contributed by atoms with Crippen LogP contribution in [-0.4, -0.2) is 52.0 Å². The second-order valence-electron chi connectivity index (χ2n) is 9.62. The fourth-order valence-corrected chi connectivity index (χ4v) is 5.36. The zero-order valence-electron chi connectivity index (χ0n) is 20.0. The third kappa shape index (κ3) is 5.77. The number of fused-ring (bicyclic) bond motifs is 2. The van der Waals surface area contributed by atoms with Crippen molar-refractivity contribution < 1.29 is 23.0 Å². The lowest BCUT2D eigenvalue weighted by molar-refractivity contribution is -0.279. The predicted molar refractivity (Wildman–Crippen MR) is 136 cm³/mol. The molecule has 3 atom stereocenters. The molecule has 0 saturated carbocycles. The molecule has 3 aromatic rings. The molecule has 1 N–H and O–H groups in total. The van der Waals surface area contributed by atoms with E-state index in [1.807, 2.05) is 60.7 Å². The van der Waals surface area contributed by atoms with E-state index in [9.17, 15) is 18.3 Å². The summed E-state index contributed by atoms with van der Waals surface area (Å²) in [6.45, 7) is 0.898. The standard InChI is InChI=1S/C29H26ClF3N2O2/c30-23-7-4-21(5-8-23)22-6-10-24(34-19-22)9-1-20-2-13-27(14-3-20)37-16-15-35-25-11-12-26(35)18-28(36,17-25)29(31,32)33/h2-8,10,13-14,19,25-26,36H,11-12,15-18H2/t25-,26+,28-. The molecule has 2 saturated heterocycles. The van der Waals surface area contributed by atoms with E-state index in [2.05, 4.69) is 21.7 Å². The predicted octanol–water partition coefficient (Wildman–Crippen LogP) is 6.10. The second kappa shape index (κ2) is 10.4. The molecule has 2 bridgehead atoms. The van der Waals surface area contributed by atoms with E-state index in [0.717, 1.165) is 16.7 Å². The van der Waals surface area contributed by atoms with Gasteiger partial charge in [0.2, 0.25) is 0 Å². The average Bonchev–Trinajstić information content (AvgIpc) is 3.12. The second-order valence-corrected chi connectivity index (χ2v) is 10.1. The molecule has 8 heteroatoms. The number of alkyl halides is 3. The molecule has 2 aromatic carbocycles. The molecule has 0 spiro atoms. The normalized spacial score (nSPS) is 23.4. The van der Waals surface area contributed by atoms with Crippen molar-refractivity contribution in [3.05, 3.63) is 83.1 Å². The average molecular weight is 527 g/mol. The molecule has 2 aliphatic heterocycles. The van der Waals surface area contributed by atoms with Crippen LogP contribution in [0.2, 0.25) is 5.02 Å². The smallest absolute Gasteiger partial charge is 0.417 e. The Morgan fingerprint density at radius 1 is 0.946 bits per heavy atom. The summed E-state index contributed by atoms with van der Waals surface area (Å²) in [7, 11) is 0. The van der Waals surface area contributed by atoms with Gasteiger partial charge < -0.3 is 9.84 Å². The Kier molecular flexibility index (Phi) is 7.17. The Morgan fingerprint density at radius 2 is 1.59 bits per heavy atom. The van der Waals surface area contributed by atoms with Gasteiger partial charge in [-0.25, -0.2) is 4.98 Å². The van der Waals surface area contributed by atoms with Crippen molar-refractivity contribution in [3.8, 4) is 28.7 Å². The van der Waals surface area contributed by atoms with Gasteiger partial charge in [0.25, 0.3) is 0 Å². The van der Waals surface area contributed by atoms with Crippen LogP contribution in [-0.2, 0) is 0 Å². The van der Waals surface area contributed by atoms with Crippen molar-refractivity contribution in [1.82, 2.24) is 9.88 Å². The maximum absolute atomic E-state index is 13.3. The van der Waals surface area contributed by atoms with Gasteiger partial charge in [0, 0.05) is 53.8 Å². The van der Waals surface area contributed by atoms with Crippen LogP contribution in [0, 0.1) is 11.8 Å². The molecule has 0 amide bonds. The molecule has 37 heavy (non-hydrogen) atoms. The minimum atomic E-state index is -4.59. The molecule has 2 fully saturated rings. The molecule has 0 unspecified atom stereocenters. The maximum atomic E-state index is 13.3. The molecule has 2 aliphatic rings. The zero-order valence-corrected chi connectivity index (χ0v) is 20.8. The maximum Gasteiger partial charge on any atom is 0.417 e. The number of pyridine rings is 1. The Hall–Kier alpha value is -3.05. The van der Waals surface area contributed by atoms with Gasteiger partial charge in [0.15, 0.2) is 5.60 Å². The minimum absolute atomic E-state index is 0.263. The highest BCUT2D eigenvalue weighted by molar-refractivity contribution is 6.30. The number of aliphatic hydroxyl groups is 1. The zero-order chi connectivity index (χ0) is 26.0. The first-order valence-electron chi connectivity index (χ1n) is 12.2. The van der Waals surface area contributed by atoms with Crippen molar-refractivity contribution >= 4 is 11.6 Å². The number of piperidine rings is 1. The summed E-state index contributed by atoms with van der Waals surface area (Å²) >= 11 is 5.94. The SMILES string of the molecule is O[C@]1(C(F)(F)F)C[C@H]2CC[C@@H](C1)N2CCOc1ccc(C#Cc2ccc(-c3ccc(Cl)cc3)cn2)cc1. The van der Waals surface area contributed by atoms with Crippen LogP contribution in [0.25, 0.3) is 11.1 Å². The first-order valence-corrected chi connectivity index (χ1v) is 12.6. The summed E-state index contributed by atoms with van der Waals surface area (Å²) in [6, 6.07) is 18.3. The summed E-state index contributed by atoms with van der Waals surface area (Å²) in [5.74, 6) is 6.82. The lowest BCUT2D eigenvalue weighted by Crippen LogP contribution is -2.58. The van der Waals surface area contributed by atoms with Crippen LogP contribution in [0.1, 0.15) is 36.9 Å². The summed E-state index contributed by atoms with van der Waals surface area (Å²) in [4.78, 5) is 6.48. The lowest BCUT2D eigenvalue weighted by Gasteiger charge is -2.44. The first-order chi connectivity index (χ1) is 17.7.